The van der Waals surface area contributed by atoms with Crippen LogP contribution in [0, 0.1) is 11.8 Å². The van der Waals surface area contributed by atoms with E-state index in [-0.39, 0.29) is 6.04 Å². The molecule has 0 fully saturated rings. The molecule has 1 aliphatic rings. The molecule has 0 aromatic rings. The first-order chi connectivity index (χ1) is 6.57. The summed E-state index contributed by atoms with van der Waals surface area (Å²) in [5.74, 6) is 1.16. The van der Waals surface area contributed by atoms with Crippen LogP contribution in [-0.4, -0.2) is 11.3 Å². The molecule has 0 radical (unpaired) electrons. The first kappa shape index (κ1) is 12.1. The van der Waals surface area contributed by atoms with E-state index in [1.807, 2.05) is 0 Å². The van der Waals surface area contributed by atoms with Crippen molar-refractivity contribution in [3.63, 3.8) is 0 Å². The van der Waals surface area contributed by atoms with Crippen LogP contribution in [0.5, 0.6) is 0 Å². The summed E-state index contributed by atoms with van der Waals surface area (Å²) in [4.78, 5) is 0. The number of rotatable bonds is 3. The van der Waals surface area contributed by atoms with E-state index >= 15 is 0 Å². The van der Waals surface area contributed by atoms with Crippen LogP contribution in [0.25, 0.3) is 0 Å². The summed E-state index contributed by atoms with van der Waals surface area (Å²) in [6, 6.07) is 0.236. The van der Waals surface area contributed by atoms with Gasteiger partial charge >= 0.3 is 0 Å². The number of nitrogens with two attached hydrogens (primary N) is 1. The second-order valence-corrected chi connectivity index (χ2v) is 5.14. The second-order valence-electron chi connectivity index (χ2n) is 4.59. The smallest absolute Gasteiger partial charge is 0.0255 e. The van der Waals surface area contributed by atoms with E-state index in [1.54, 1.807) is 0 Å². The van der Waals surface area contributed by atoms with E-state index in [4.69, 9.17) is 18.4 Å². The molecule has 0 spiro atoms. The van der Waals surface area contributed by atoms with Gasteiger partial charge in [-0.25, -0.2) is 0 Å². The Hall–Kier alpha value is 0.0500. The van der Waals surface area contributed by atoms with Gasteiger partial charge in [0.05, 0.1) is 0 Å². The highest BCUT2D eigenvalue weighted by molar-refractivity contribution is 7.81. The summed E-state index contributed by atoms with van der Waals surface area (Å²) in [7, 11) is 0. The van der Waals surface area contributed by atoms with E-state index in [0.717, 1.165) is 0 Å². The molecule has 0 heterocycles. The lowest BCUT2D eigenvalue weighted by molar-refractivity contribution is 0.338. The molecule has 4 atom stereocenters. The van der Waals surface area contributed by atoms with Crippen LogP contribution in [0.15, 0.2) is 11.6 Å². The molecule has 0 aliphatic heterocycles. The van der Waals surface area contributed by atoms with Crippen molar-refractivity contribution < 1.29 is 0 Å². The van der Waals surface area contributed by atoms with Crippen molar-refractivity contribution in [2.45, 2.75) is 51.3 Å². The maximum Gasteiger partial charge on any atom is 0.0255 e. The maximum atomic E-state index is 6.08. The molecule has 4 unspecified atom stereocenters. The maximum absolute atomic E-state index is 6.08. The first-order valence-electron chi connectivity index (χ1n) is 5.72. The van der Waals surface area contributed by atoms with E-state index < -0.39 is 0 Å². The Balaban J connectivity index is 2.68. The third-order valence-electron chi connectivity index (χ3n) is 3.54. The molecule has 1 rings (SSSR count). The Labute approximate surface area is 93.6 Å². The fourth-order valence-electron chi connectivity index (χ4n) is 2.09. The predicted octanol–water partition coefficient (Wildman–Crippen LogP) is 3.01. The summed E-state index contributed by atoms with van der Waals surface area (Å²) in [6.07, 6.45) is 5.93. The van der Waals surface area contributed by atoms with Crippen molar-refractivity contribution in [1.29, 1.82) is 0 Å². The molecule has 0 aromatic heterocycles. The first-order valence-corrected chi connectivity index (χ1v) is 6.23. The van der Waals surface area contributed by atoms with Crippen LogP contribution in [0.3, 0.4) is 0 Å². The molecule has 0 bridgehead atoms. The topological polar surface area (TPSA) is 26.0 Å². The molecule has 0 aromatic carbocycles. The van der Waals surface area contributed by atoms with Crippen molar-refractivity contribution in [2.75, 3.05) is 0 Å². The summed E-state index contributed by atoms with van der Waals surface area (Å²) in [6.45, 7) is 6.72. The van der Waals surface area contributed by atoms with E-state index in [9.17, 15) is 0 Å². The third kappa shape index (κ3) is 2.54. The molecule has 1 aliphatic carbocycles. The Morgan fingerprint density at radius 2 is 2.00 bits per heavy atom. The van der Waals surface area contributed by atoms with Gasteiger partial charge in [-0.3, -0.25) is 0 Å². The minimum absolute atomic E-state index is 0.236. The fraction of sp³-hybridized carbons (Fsp3) is 0.833. The third-order valence-corrected chi connectivity index (χ3v) is 4.34. The van der Waals surface area contributed by atoms with Gasteiger partial charge in [0.1, 0.15) is 0 Å². The minimum atomic E-state index is 0.236. The molecular formula is C12H23NS. The fourth-order valence-corrected chi connectivity index (χ4v) is 2.57. The average Bonchev–Trinajstić information content (AvgIpc) is 2.18. The highest BCUT2D eigenvalue weighted by Crippen LogP contribution is 2.34. The molecular weight excluding hydrogens is 190 g/mol. The van der Waals surface area contributed by atoms with Crippen LogP contribution in [-0.2, 0) is 0 Å². The number of thiol groups is 1. The molecule has 2 heteroatoms. The largest absolute Gasteiger partial charge is 0.324 e. The Morgan fingerprint density at radius 3 is 2.57 bits per heavy atom. The lowest BCUT2D eigenvalue weighted by Crippen LogP contribution is -2.39. The van der Waals surface area contributed by atoms with Gasteiger partial charge in [-0.2, -0.15) is 12.6 Å². The van der Waals surface area contributed by atoms with Gasteiger partial charge < -0.3 is 5.73 Å². The standard InChI is InChI=1S/C12H23NS/c1-4-5-6-10-7-11(13)8(2)9(3)12(10)14/h7-9,11-12,14H,4-6,13H2,1-3H3. The van der Waals surface area contributed by atoms with E-state index in [2.05, 4.69) is 26.8 Å². The monoisotopic (exact) mass is 213 g/mol. The van der Waals surface area contributed by atoms with Crippen LogP contribution in [0.2, 0.25) is 0 Å². The van der Waals surface area contributed by atoms with Gasteiger partial charge in [0.15, 0.2) is 0 Å². The minimum Gasteiger partial charge on any atom is -0.324 e. The van der Waals surface area contributed by atoms with Gasteiger partial charge in [0, 0.05) is 11.3 Å². The quantitative estimate of drug-likeness (QED) is 0.547. The van der Waals surface area contributed by atoms with E-state index in [0.29, 0.717) is 17.1 Å². The van der Waals surface area contributed by atoms with E-state index in [1.165, 1.54) is 24.8 Å². The Morgan fingerprint density at radius 1 is 1.36 bits per heavy atom. The van der Waals surface area contributed by atoms with Crippen molar-refractivity contribution in [3.05, 3.63) is 11.6 Å². The van der Waals surface area contributed by atoms with Crippen LogP contribution >= 0.6 is 12.6 Å². The van der Waals surface area contributed by atoms with Crippen LogP contribution in [0.1, 0.15) is 40.0 Å². The lowest BCUT2D eigenvalue weighted by Gasteiger charge is -2.35. The SMILES string of the molecule is CCCCC1=CC(N)C(C)C(C)C1S. The lowest BCUT2D eigenvalue weighted by atomic mass is 9.77. The van der Waals surface area contributed by atoms with Gasteiger partial charge in [0.25, 0.3) is 0 Å². The number of hydrogen-bond acceptors (Lipinski definition) is 2. The zero-order chi connectivity index (χ0) is 10.7. The summed E-state index contributed by atoms with van der Waals surface area (Å²) < 4.78 is 0. The highest BCUT2D eigenvalue weighted by Gasteiger charge is 2.30. The normalized spacial score (nSPS) is 38.2. The Kier molecular flexibility index (Phi) is 4.52. The predicted molar refractivity (Wildman–Crippen MR) is 66.7 cm³/mol. The van der Waals surface area contributed by atoms with Crippen molar-refractivity contribution >= 4 is 12.6 Å². The zero-order valence-corrected chi connectivity index (χ0v) is 10.4. The van der Waals surface area contributed by atoms with Gasteiger partial charge in [-0.15, -0.1) is 0 Å². The van der Waals surface area contributed by atoms with Gasteiger partial charge in [-0.05, 0) is 24.7 Å². The molecule has 0 amide bonds. The summed E-state index contributed by atoms with van der Waals surface area (Å²) in [5.41, 5.74) is 7.55. The molecule has 2 N–H and O–H groups in total. The molecule has 14 heavy (non-hydrogen) atoms. The zero-order valence-electron chi connectivity index (χ0n) is 9.53. The molecule has 0 saturated heterocycles. The number of hydrogen-bond donors (Lipinski definition) is 2. The molecule has 1 nitrogen and oxygen atoms in total. The van der Waals surface area contributed by atoms with Crippen LogP contribution in [0.4, 0.5) is 0 Å². The molecule has 82 valence electrons. The van der Waals surface area contributed by atoms with Gasteiger partial charge in [-0.1, -0.05) is 38.8 Å². The second kappa shape index (κ2) is 5.22. The summed E-state index contributed by atoms with van der Waals surface area (Å²) in [5, 5.41) is 0.427. The number of unbranched alkanes of at least 4 members (excludes halogenated alkanes) is 1. The van der Waals surface area contributed by atoms with Crippen LogP contribution < -0.4 is 5.73 Å². The average molecular weight is 213 g/mol. The summed E-state index contributed by atoms with van der Waals surface area (Å²) >= 11 is 4.70. The Bertz CT molecular complexity index is 212. The highest BCUT2D eigenvalue weighted by atomic mass is 32.1. The van der Waals surface area contributed by atoms with Crippen molar-refractivity contribution in [1.82, 2.24) is 0 Å². The van der Waals surface area contributed by atoms with Gasteiger partial charge in [0.2, 0.25) is 0 Å². The van der Waals surface area contributed by atoms with Crippen molar-refractivity contribution in [2.24, 2.45) is 17.6 Å². The van der Waals surface area contributed by atoms with Crippen molar-refractivity contribution in [3.8, 4) is 0 Å². The molecule has 0 saturated carbocycles.